The van der Waals surface area contributed by atoms with Gasteiger partial charge in [-0.1, -0.05) is 12.1 Å². The molecule has 2 aromatic carbocycles. The number of hydrogen-bond acceptors (Lipinski definition) is 2. The number of nitrogens with zero attached hydrogens (tertiary/aromatic N) is 2. The quantitative estimate of drug-likeness (QED) is 0.699. The number of benzene rings is 2. The fourth-order valence-electron chi connectivity index (χ4n) is 3.63. The largest absolute Gasteiger partial charge is 0.497 e. The lowest BCUT2D eigenvalue weighted by molar-refractivity contribution is 0.0735. The van der Waals surface area contributed by atoms with Crippen molar-refractivity contribution in [2.75, 3.05) is 13.7 Å². The molecule has 1 aliphatic rings. The van der Waals surface area contributed by atoms with Crippen LogP contribution >= 0.6 is 0 Å². The smallest absolute Gasteiger partial charge is 0.254 e. The van der Waals surface area contributed by atoms with Gasteiger partial charge in [0.15, 0.2) is 0 Å². The molecule has 0 bridgehead atoms. The zero-order valence-electron chi connectivity index (χ0n) is 14.8. The van der Waals surface area contributed by atoms with E-state index in [0.29, 0.717) is 0 Å². The van der Waals surface area contributed by atoms with E-state index in [1.165, 1.54) is 5.56 Å². The number of amides is 1. The molecule has 26 heavy (non-hydrogen) atoms. The topological polar surface area (TPSA) is 34.5 Å². The van der Waals surface area contributed by atoms with Gasteiger partial charge < -0.3 is 14.2 Å². The summed E-state index contributed by atoms with van der Waals surface area (Å²) in [6.07, 6.45) is 6.03. The molecule has 0 aliphatic carbocycles. The van der Waals surface area contributed by atoms with Gasteiger partial charge in [-0.3, -0.25) is 4.79 Å². The van der Waals surface area contributed by atoms with Crippen LogP contribution in [0.1, 0.15) is 34.8 Å². The van der Waals surface area contributed by atoms with E-state index < -0.39 is 0 Å². The Kier molecular flexibility index (Phi) is 4.48. The van der Waals surface area contributed by atoms with Gasteiger partial charge in [0.1, 0.15) is 5.75 Å². The molecule has 1 aromatic heterocycles. The third-order valence-corrected chi connectivity index (χ3v) is 5.03. The van der Waals surface area contributed by atoms with Crippen LogP contribution < -0.4 is 4.74 Å². The fraction of sp³-hybridized carbons (Fsp3) is 0.227. The van der Waals surface area contributed by atoms with Gasteiger partial charge in [0.2, 0.25) is 0 Å². The summed E-state index contributed by atoms with van der Waals surface area (Å²) in [5.74, 6) is 0.938. The summed E-state index contributed by atoms with van der Waals surface area (Å²) in [5.41, 5.74) is 2.96. The molecule has 0 radical (unpaired) electrons. The molecule has 4 rings (SSSR count). The van der Waals surface area contributed by atoms with Crippen molar-refractivity contribution in [3.05, 3.63) is 84.2 Å². The zero-order chi connectivity index (χ0) is 17.9. The van der Waals surface area contributed by atoms with Crippen molar-refractivity contribution >= 4 is 5.91 Å². The van der Waals surface area contributed by atoms with Crippen molar-refractivity contribution < 1.29 is 9.53 Å². The highest BCUT2D eigenvalue weighted by atomic mass is 16.5. The molecule has 0 saturated carbocycles. The van der Waals surface area contributed by atoms with Crippen molar-refractivity contribution in [3.63, 3.8) is 0 Å². The van der Waals surface area contributed by atoms with Gasteiger partial charge in [0.05, 0.1) is 13.2 Å². The maximum atomic E-state index is 13.0. The molecular weight excluding hydrogens is 324 g/mol. The number of rotatable bonds is 4. The predicted octanol–water partition coefficient (Wildman–Crippen LogP) is 4.46. The molecule has 1 saturated heterocycles. The van der Waals surface area contributed by atoms with Gasteiger partial charge in [0.25, 0.3) is 5.91 Å². The average Bonchev–Trinajstić information content (AvgIpc) is 3.40. The van der Waals surface area contributed by atoms with E-state index in [9.17, 15) is 4.79 Å². The Morgan fingerprint density at radius 1 is 1.00 bits per heavy atom. The van der Waals surface area contributed by atoms with Crippen LogP contribution in [-0.4, -0.2) is 29.0 Å². The van der Waals surface area contributed by atoms with Gasteiger partial charge in [0, 0.05) is 30.2 Å². The first-order chi connectivity index (χ1) is 12.8. The third kappa shape index (κ3) is 3.10. The standard InChI is InChI=1S/C22H22N2O2/c1-26-20-12-8-17(9-13-20)21-5-4-16-24(21)22(25)18-6-10-19(11-7-18)23-14-2-3-15-23/h2-3,6-15,21H,4-5,16H2,1H3. The molecule has 0 spiro atoms. The molecule has 4 nitrogen and oxygen atoms in total. The Morgan fingerprint density at radius 2 is 1.69 bits per heavy atom. The van der Waals surface area contributed by atoms with Crippen LogP contribution in [0.2, 0.25) is 0 Å². The van der Waals surface area contributed by atoms with E-state index in [4.69, 9.17) is 4.74 Å². The minimum absolute atomic E-state index is 0.0994. The van der Waals surface area contributed by atoms with Crippen LogP contribution in [0.5, 0.6) is 5.75 Å². The van der Waals surface area contributed by atoms with E-state index in [1.807, 2.05) is 70.4 Å². The van der Waals surface area contributed by atoms with E-state index in [-0.39, 0.29) is 11.9 Å². The number of carbonyl (C=O) groups is 1. The summed E-state index contributed by atoms with van der Waals surface area (Å²) in [6.45, 7) is 0.800. The highest BCUT2D eigenvalue weighted by Gasteiger charge is 2.30. The second kappa shape index (κ2) is 7.08. The van der Waals surface area contributed by atoms with Gasteiger partial charge in [-0.05, 0) is 66.9 Å². The number of aromatic nitrogens is 1. The van der Waals surface area contributed by atoms with Crippen molar-refractivity contribution in [2.24, 2.45) is 0 Å². The summed E-state index contributed by atoms with van der Waals surface area (Å²) >= 11 is 0. The molecule has 0 N–H and O–H groups in total. The zero-order valence-corrected chi connectivity index (χ0v) is 14.8. The maximum absolute atomic E-state index is 13.0. The second-order valence-corrected chi connectivity index (χ2v) is 6.57. The number of carbonyl (C=O) groups excluding carboxylic acids is 1. The van der Waals surface area contributed by atoms with E-state index in [0.717, 1.165) is 36.4 Å². The molecule has 1 unspecified atom stereocenters. The molecule has 2 heterocycles. The van der Waals surface area contributed by atoms with Crippen molar-refractivity contribution in [3.8, 4) is 11.4 Å². The number of likely N-dealkylation sites (tertiary alicyclic amines) is 1. The van der Waals surface area contributed by atoms with Crippen LogP contribution in [0.25, 0.3) is 5.69 Å². The monoisotopic (exact) mass is 346 g/mol. The van der Waals surface area contributed by atoms with E-state index in [1.54, 1.807) is 7.11 Å². The van der Waals surface area contributed by atoms with Crippen LogP contribution in [0.4, 0.5) is 0 Å². The Morgan fingerprint density at radius 3 is 2.35 bits per heavy atom. The summed E-state index contributed by atoms with van der Waals surface area (Å²) in [4.78, 5) is 15.0. The molecule has 1 amide bonds. The van der Waals surface area contributed by atoms with Crippen molar-refractivity contribution in [1.82, 2.24) is 9.47 Å². The lowest BCUT2D eigenvalue weighted by Gasteiger charge is -2.25. The summed E-state index contributed by atoms with van der Waals surface area (Å²) in [7, 11) is 1.66. The van der Waals surface area contributed by atoms with Gasteiger partial charge in [-0.15, -0.1) is 0 Å². The summed E-state index contributed by atoms with van der Waals surface area (Å²) in [6, 6.07) is 20.0. The predicted molar refractivity (Wildman–Crippen MR) is 102 cm³/mol. The molecule has 3 aromatic rings. The summed E-state index contributed by atoms with van der Waals surface area (Å²) in [5, 5.41) is 0. The molecule has 132 valence electrons. The molecular formula is C22H22N2O2. The van der Waals surface area contributed by atoms with E-state index in [2.05, 4.69) is 12.1 Å². The Bertz CT molecular complexity index is 868. The minimum Gasteiger partial charge on any atom is -0.497 e. The lowest BCUT2D eigenvalue weighted by Crippen LogP contribution is -2.30. The van der Waals surface area contributed by atoms with Gasteiger partial charge in [-0.25, -0.2) is 0 Å². The third-order valence-electron chi connectivity index (χ3n) is 5.03. The van der Waals surface area contributed by atoms with E-state index >= 15 is 0 Å². The lowest BCUT2D eigenvalue weighted by atomic mass is 10.0. The Hall–Kier alpha value is -3.01. The van der Waals surface area contributed by atoms with Crippen LogP contribution in [0.15, 0.2) is 73.1 Å². The normalized spacial score (nSPS) is 16.7. The maximum Gasteiger partial charge on any atom is 0.254 e. The molecule has 1 fully saturated rings. The van der Waals surface area contributed by atoms with Crippen LogP contribution in [-0.2, 0) is 0 Å². The van der Waals surface area contributed by atoms with Crippen LogP contribution in [0, 0.1) is 0 Å². The van der Waals surface area contributed by atoms with Gasteiger partial charge >= 0.3 is 0 Å². The fourth-order valence-corrected chi connectivity index (χ4v) is 3.63. The summed E-state index contributed by atoms with van der Waals surface area (Å²) < 4.78 is 7.27. The highest BCUT2D eigenvalue weighted by molar-refractivity contribution is 5.94. The number of methoxy groups -OCH3 is 1. The number of hydrogen-bond donors (Lipinski definition) is 0. The second-order valence-electron chi connectivity index (χ2n) is 6.57. The first-order valence-electron chi connectivity index (χ1n) is 8.94. The SMILES string of the molecule is COc1ccc(C2CCCN2C(=O)c2ccc(-n3cccc3)cc2)cc1. The van der Waals surface area contributed by atoms with Gasteiger partial charge in [-0.2, -0.15) is 0 Å². The first-order valence-corrected chi connectivity index (χ1v) is 8.94. The average molecular weight is 346 g/mol. The molecule has 1 atom stereocenters. The Balaban J connectivity index is 1.54. The Labute approximate surface area is 153 Å². The minimum atomic E-state index is 0.0994. The van der Waals surface area contributed by atoms with Crippen molar-refractivity contribution in [2.45, 2.75) is 18.9 Å². The highest BCUT2D eigenvalue weighted by Crippen LogP contribution is 2.34. The molecule has 4 heteroatoms. The molecule has 1 aliphatic heterocycles. The first kappa shape index (κ1) is 16.5. The number of ether oxygens (including phenoxy) is 1. The van der Waals surface area contributed by atoms with Crippen molar-refractivity contribution in [1.29, 1.82) is 0 Å². The van der Waals surface area contributed by atoms with Crippen LogP contribution in [0.3, 0.4) is 0 Å².